The van der Waals surface area contributed by atoms with Crippen LogP contribution in [0.1, 0.15) is 56.6 Å². The summed E-state index contributed by atoms with van der Waals surface area (Å²) in [4.78, 5) is 35.3. The monoisotopic (exact) mass is 561 g/mol. The van der Waals surface area contributed by atoms with Crippen molar-refractivity contribution in [2.75, 3.05) is 19.6 Å². The Labute approximate surface area is 239 Å². The molecule has 9 heteroatoms. The van der Waals surface area contributed by atoms with Crippen molar-refractivity contribution in [3.63, 3.8) is 0 Å². The molecule has 3 atom stereocenters. The molecule has 2 saturated heterocycles. The lowest BCUT2D eigenvalue weighted by molar-refractivity contribution is 0.0211. The van der Waals surface area contributed by atoms with Crippen molar-refractivity contribution in [3.05, 3.63) is 88.5 Å². The fourth-order valence-electron chi connectivity index (χ4n) is 7.34. The fraction of sp³-hybridized carbons (Fsp3) is 0.469. The van der Waals surface area contributed by atoms with Gasteiger partial charge in [0.1, 0.15) is 11.6 Å². The van der Waals surface area contributed by atoms with Crippen molar-refractivity contribution >= 4 is 6.03 Å². The van der Waals surface area contributed by atoms with Gasteiger partial charge in [-0.3, -0.25) is 9.36 Å². The zero-order valence-electron chi connectivity index (χ0n) is 23.2. The van der Waals surface area contributed by atoms with Crippen molar-refractivity contribution in [1.29, 1.82) is 0 Å². The average molecular weight is 562 g/mol. The minimum absolute atomic E-state index is 0.0740. The van der Waals surface area contributed by atoms with Gasteiger partial charge in [-0.25, -0.2) is 18.6 Å². The molecule has 41 heavy (non-hydrogen) atoms. The Morgan fingerprint density at radius 3 is 2.56 bits per heavy atom. The number of aromatic nitrogens is 2. The summed E-state index contributed by atoms with van der Waals surface area (Å²) in [5, 5.41) is 0. The summed E-state index contributed by atoms with van der Waals surface area (Å²) in [6.07, 6.45) is 7.61. The molecular formula is C32H37F2N5O2. The highest BCUT2D eigenvalue weighted by atomic mass is 19.1. The van der Waals surface area contributed by atoms with Crippen molar-refractivity contribution in [2.24, 2.45) is 17.1 Å². The van der Waals surface area contributed by atoms with Crippen molar-refractivity contribution in [1.82, 2.24) is 19.4 Å². The van der Waals surface area contributed by atoms with E-state index in [2.05, 4.69) is 4.98 Å². The van der Waals surface area contributed by atoms with Gasteiger partial charge >= 0.3 is 6.03 Å². The van der Waals surface area contributed by atoms with Gasteiger partial charge in [0.25, 0.3) is 5.56 Å². The van der Waals surface area contributed by atoms with Crippen LogP contribution in [-0.2, 0) is 6.54 Å². The number of nitrogens with zero attached hydrogens (tertiary/aromatic N) is 4. The number of halogens is 2. The lowest BCUT2D eigenvalue weighted by Gasteiger charge is -2.49. The molecule has 0 bridgehead atoms. The quantitative estimate of drug-likeness (QED) is 0.465. The normalized spacial score (nSPS) is 24.1. The van der Waals surface area contributed by atoms with Crippen LogP contribution in [0.3, 0.4) is 0 Å². The minimum atomic E-state index is -0.605. The first-order valence-corrected chi connectivity index (χ1v) is 14.7. The van der Waals surface area contributed by atoms with E-state index in [0.29, 0.717) is 44.7 Å². The van der Waals surface area contributed by atoms with Crippen molar-refractivity contribution in [2.45, 2.75) is 63.6 Å². The van der Waals surface area contributed by atoms with E-state index < -0.39 is 17.7 Å². The zero-order chi connectivity index (χ0) is 28.6. The Morgan fingerprint density at radius 2 is 1.80 bits per heavy atom. The van der Waals surface area contributed by atoms with E-state index in [0.717, 1.165) is 49.8 Å². The van der Waals surface area contributed by atoms with Gasteiger partial charge in [-0.1, -0.05) is 43.2 Å². The SMILES string of the molecule is N[C@@H]1CCN(C(=O)N2CC[C@@H](Cn3cnc(-c4ccccc4)cc3=O)C3(CCCC3)C2)[C@H](c2cc(F)ccc2F)C1. The first-order chi connectivity index (χ1) is 19.8. The molecule has 1 aliphatic carbocycles. The van der Waals surface area contributed by atoms with Crippen LogP contribution in [0.2, 0.25) is 0 Å². The van der Waals surface area contributed by atoms with Gasteiger partial charge in [0, 0.05) is 49.4 Å². The molecule has 0 radical (unpaired) electrons. The highest BCUT2D eigenvalue weighted by Crippen LogP contribution is 2.49. The molecule has 0 unspecified atom stereocenters. The number of hydrogen-bond donors (Lipinski definition) is 1. The molecule has 1 spiro atoms. The highest BCUT2D eigenvalue weighted by molar-refractivity contribution is 5.75. The molecule has 3 heterocycles. The molecule has 3 fully saturated rings. The maximum Gasteiger partial charge on any atom is 0.320 e. The standard InChI is InChI=1S/C32H37F2N5O2/c33-24-8-9-27(34)26(16-24)29-17-25(35)11-15-39(29)31(41)37-14-10-23(32(20-37)12-4-5-13-32)19-38-21-36-28(18-30(38)40)22-6-2-1-3-7-22/h1-3,6-9,16,18,21,23,25,29H,4-5,10-15,17,19-20,35H2/t23-,25+,29-/m0/s1. The van der Waals surface area contributed by atoms with E-state index in [9.17, 15) is 18.4 Å². The molecule has 3 aromatic rings. The molecule has 1 aromatic heterocycles. The molecule has 2 amide bonds. The van der Waals surface area contributed by atoms with Crippen molar-refractivity contribution < 1.29 is 13.6 Å². The largest absolute Gasteiger partial charge is 0.328 e. The van der Waals surface area contributed by atoms with E-state index in [4.69, 9.17) is 5.73 Å². The average Bonchev–Trinajstić information content (AvgIpc) is 3.45. The van der Waals surface area contributed by atoms with Crippen LogP contribution in [0, 0.1) is 23.0 Å². The molecule has 216 valence electrons. The summed E-state index contributed by atoms with van der Waals surface area (Å²) in [5.74, 6) is -0.811. The van der Waals surface area contributed by atoms with Gasteiger partial charge in [-0.2, -0.15) is 0 Å². The van der Waals surface area contributed by atoms with Gasteiger partial charge < -0.3 is 15.5 Å². The van der Waals surface area contributed by atoms with Crippen LogP contribution < -0.4 is 11.3 Å². The van der Waals surface area contributed by atoms with E-state index in [1.807, 2.05) is 35.2 Å². The zero-order valence-corrected chi connectivity index (χ0v) is 23.2. The number of piperidine rings is 2. The second-order valence-corrected chi connectivity index (χ2v) is 12.0. The molecule has 2 N–H and O–H groups in total. The van der Waals surface area contributed by atoms with Crippen LogP contribution in [0.25, 0.3) is 11.3 Å². The predicted molar refractivity (Wildman–Crippen MR) is 153 cm³/mol. The second kappa shape index (κ2) is 11.4. The Kier molecular flexibility index (Phi) is 7.64. The van der Waals surface area contributed by atoms with Crippen LogP contribution in [0.5, 0.6) is 0 Å². The summed E-state index contributed by atoms with van der Waals surface area (Å²) >= 11 is 0. The number of hydrogen-bond acceptors (Lipinski definition) is 4. The molecule has 7 nitrogen and oxygen atoms in total. The predicted octanol–water partition coefficient (Wildman–Crippen LogP) is 5.36. The Morgan fingerprint density at radius 1 is 1.02 bits per heavy atom. The number of likely N-dealkylation sites (tertiary alicyclic amines) is 2. The topological polar surface area (TPSA) is 84.5 Å². The lowest BCUT2D eigenvalue weighted by atomic mass is 9.69. The van der Waals surface area contributed by atoms with Crippen LogP contribution in [0.15, 0.2) is 65.7 Å². The van der Waals surface area contributed by atoms with Gasteiger partial charge in [0.2, 0.25) is 0 Å². The third kappa shape index (κ3) is 5.52. The van der Waals surface area contributed by atoms with E-state index in [1.165, 1.54) is 6.07 Å². The molecule has 1 saturated carbocycles. The minimum Gasteiger partial charge on any atom is -0.328 e. The van der Waals surface area contributed by atoms with Gasteiger partial charge in [-0.15, -0.1) is 0 Å². The van der Waals surface area contributed by atoms with Gasteiger partial charge in [-0.05, 0) is 61.6 Å². The first-order valence-electron chi connectivity index (χ1n) is 14.7. The molecule has 6 rings (SSSR count). The smallest absolute Gasteiger partial charge is 0.320 e. The van der Waals surface area contributed by atoms with Crippen molar-refractivity contribution in [3.8, 4) is 11.3 Å². The third-order valence-electron chi connectivity index (χ3n) is 9.56. The highest BCUT2D eigenvalue weighted by Gasteiger charge is 2.47. The van der Waals surface area contributed by atoms with Crippen LogP contribution in [0.4, 0.5) is 13.6 Å². The number of nitrogens with two attached hydrogens (primary N) is 1. The summed E-state index contributed by atoms with van der Waals surface area (Å²) in [7, 11) is 0. The maximum absolute atomic E-state index is 14.8. The van der Waals surface area contributed by atoms with Gasteiger partial charge in [0.05, 0.1) is 18.1 Å². The van der Waals surface area contributed by atoms with Crippen LogP contribution >= 0.6 is 0 Å². The summed E-state index contributed by atoms with van der Waals surface area (Å²) < 4.78 is 30.6. The molecular weight excluding hydrogens is 524 g/mol. The summed E-state index contributed by atoms with van der Waals surface area (Å²) in [6.45, 7) is 2.12. The Hall–Kier alpha value is -3.59. The first kappa shape index (κ1) is 27.6. The van der Waals surface area contributed by atoms with E-state index >= 15 is 0 Å². The Balaban J connectivity index is 1.21. The van der Waals surface area contributed by atoms with Gasteiger partial charge in [0.15, 0.2) is 0 Å². The lowest BCUT2D eigenvalue weighted by Crippen LogP contribution is -2.56. The summed E-state index contributed by atoms with van der Waals surface area (Å²) in [5.41, 5.74) is 7.82. The number of urea groups is 1. The van der Waals surface area contributed by atoms with E-state index in [-0.39, 0.29) is 34.5 Å². The molecule has 2 aliphatic heterocycles. The number of carbonyl (C=O) groups is 1. The third-order valence-corrected chi connectivity index (χ3v) is 9.56. The molecule has 2 aromatic carbocycles. The van der Waals surface area contributed by atoms with E-state index in [1.54, 1.807) is 21.9 Å². The second-order valence-electron chi connectivity index (χ2n) is 12.0. The number of amides is 2. The van der Waals surface area contributed by atoms with Crippen LogP contribution in [-0.4, -0.2) is 51.1 Å². The summed E-state index contributed by atoms with van der Waals surface area (Å²) in [6, 6.07) is 13.8. The number of benzene rings is 2. The fourth-order valence-corrected chi connectivity index (χ4v) is 7.34. The Bertz CT molecular complexity index is 1460. The maximum atomic E-state index is 14.8. The number of rotatable bonds is 4. The molecule has 3 aliphatic rings. The number of carbonyl (C=O) groups excluding carboxylic acids is 1.